The SMILES string of the molecule is CC(C(=O)O)C1CN(Cc2ccc3c(c2)OCCO3)C1. The molecule has 0 bridgehead atoms. The van der Waals surface area contributed by atoms with Crippen molar-refractivity contribution in [2.75, 3.05) is 26.3 Å². The normalized spacial score (nSPS) is 20.2. The molecule has 1 atom stereocenters. The third-order valence-electron chi connectivity index (χ3n) is 4.09. The number of hydrogen-bond acceptors (Lipinski definition) is 4. The standard InChI is InChI=1S/C15H19NO4/c1-10(15(17)18)12-8-16(9-12)7-11-2-3-13-14(6-11)20-5-4-19-13/h2-3,6,10,12H,4-5,7-9H2,1H3,(H,17,18). The second kappa shape index (κ2) is 5.32. The van der Waals surface area contributed by atoms with Crippen LogP contribution in [0.5, 0.6) is 11.5 Å². The van der Waals surface area contributed by atoms with Gasteiger partial charge in [0.1, 0.15) is 13.2 Å². The fraction of sp³-hybridized carbons (Fsp3) is 0.533. The van der Waals surface area contributed by atoms with Crippen LogP contribution in [0.3, 0.4) is 0 Å². The smallest absolute Gasteiger partial charge is 0.306 e. The number of carbonyl (C=O) groups is 1. The average Bonchev–Trinajstić information content (AvgIpc) is 2.41. The number of ether oxygens (including phenoxy) is 2. The van der Waals surface area contributed by atoms with Gasteiger partial charge in [-0.2, -0.15) is 0 Å². The minimum absolute atomic E-state index is 0.258. The van der Waals surface area contributed by atoms with Crippen LogP contribution in [0.1, 0.15) is 12.5 Å². The van der Waals surface area contributed by atoms with E-state index in [2.05, 4.69) is 4.90 Å². The lowest BCUT2D eigenvalue weighted by atomic mass is 9.87. The first kappa shape index (κ1) is 13.2. The Hall–Kier alpha value is -1.75. The van der Waals surface area contributed by atoms with Crippen LogP contribution >= 0.6 is 0 Å². The van der Waals surface area contributed by atoms with Gasteiger partial charge in [-0.3, -0.25) is 9.69 Å². The second-order valence-electron chi connectivity index (χ2n) is 5.56. The van der Waals surface area contributed by atoms with E-state index in [1.807, 2.05) is 18.2 Å². The number of benzene rings is 1. The topological polar surface area (TPSA) is 59.0 Å². The first-order valence-electron chi connectivity index (χ1n) is 6.97. The summed E-state index contributed by atoms with van der Waals surface area (Å²) in [5.41, 5.74) is 1.18. The Labute approximate surface area is 118 Å². The summed E-state index contributed by atoms with van der Waals surface area (Å²) in [4.78, 5) is 13.2. The van der Waals surface area contributed by atoms with Crippen molar-refractivity contribution in [3.8, 4) is 11.5 Å². The summed E-state index contributed by atoms with van der Waals surface area (Å²) < 4.78 is 11.1. The zero-order valence-electron chi connectivity index (χ0n) is 11.5. The van der Waals surface area contributed by atoms with Gasteiger partial charge < -0.3 is 14.6 Å². The Kier molecular flexibility index (Phi) is 3.53. The molecule has 5 heteroatoms. The zero-order valence-corrected chi connectivity index (χ0v) is 11.5. The highest BCUT2D eigenvalue weighted by Crippen LogP contribution is 2.32. The van der Waals surface area contributed by atoms with E-state index in [4.69, 9.17) is 14.6 Å². The maximum absolute atomic E-state index is 10.9. The Morgan fingerprint density at radius 2 is 2.05 bits per heavy atom. The molecule has 108 valence electrons. The van der Waals surface area contributed by atoms with Gasteiger partial charge in [-0.25, -0.2) is 0 Å². The molecule has 5 nitrogen and oxygen atoms in total. The molecule has 1 fully saturated rings. The molecule has 20 heavy (non-hydrogen) atoms. The monoisotopic (exact) mass is 277 g/mol. The lowest BCUT2D eigenvalue weighted by Crippen LogP contribution is -2.50. The minimum Gasteiger partial charge on any atom is -0.486 e. The molecule has 1 N–H and O–H groups in total. The fourth-order valence-electron chi connectivity index (χ4n) is 2.70. The second-order valence-corrected chi connectivity index (χ2v) is 5.56. The van der Waals surface area contributed by atoms with Crippen LogP contribution in [0.25, 0.3) is 0 Å². The molecule has 1 unspecified atom stereocenters. The van der Waals surface area contributed by atoms with Gasteiger partial charge in [-0.15, -0.1) is 0 Å². The van der Waals surface area contributed by atoms with Crippen LogP contribution in [0, 0.1) is 11.8 Å². The van der Waals surface area contributed by atoms with Crippen LogP contribution in [0.4, 0.5) is 0 Å². The van der Waals surface area contributed by atoms with Crippen molar-refractivity contribution in [3.05, 3.63) is 23.8 Å². The molecule has 0 saturated carbocycles. The number of aliphatic carboxylic acids is 1. The van der Waals surface area contributed by atoms with Crippen molar-refractivity contribution >= 4 is 5.97 Å². The summed E-state index contributed by atoms with van der Waals surface area (Å²) in [6, 6.07) is 6.00. The highest BCUT2D eigenvalue weighted by molar-refractivity contribution is 5.70. The summed E-state index contributed by atoms with van der Waals surface area (Å²) in [6.07, 6.45) is 0. The molecule has 2 aliphatic rings. The van der Waals surface area contributed by atoms with E-state index >= 15 is 0 Å². The van der Waals surface area contributed by atoms with Gasteiger partial charge in [0.15, 0.2) is 11.5 Å². The Morgan fingerprint density at radius 3 is 2.75 bits per heavy atom. The van der Waals surface area contributed by atoms with Crippen LogP contribution in [0.2, 0.25) is 0 Å². The number of nitrogens with zero attached hydrogens (tertiary/aromatic N) is 1. The van der Waals surface area contributed by atoms with Gasteiger partial charge in [0.2, 0.25) is 0 Å². The average molecular weight is 277 g/mol. The van der Waals surface area contributed by atoms with E-state index in [0.29, 0.717) is 13.2 Å². The molecule has 0 amide bonds. The molecule has 3 rings (SSSR count). The third kappa shape index (κ3) is 2.58. The molecular formula is C15H19NO4. The first-order chi connectivity index (χ1) is 9.63. The Balaban J connectivity index is 1.56. The largest absolute Gasteiger partial charge is 0.486 e. The number of likely N-dealkylation sites (tertiary alicyclic amines) is 1. The van der Waals surface area contributed by atoms with E-state index in [-0.39, 0.29) is 11.8 Å². The maximum Gasteiger partial charge on any atom is 0.306 e. The number of rotatable bonds is 4. The van der Waals surface area contributed by atoms with Crippen molar-refractivity contribution in [3.63, 3.8) is 0 Å². The summed E-state index contributed by atoms with van der Waals surface area (Å²) in [6.45, 7) is 5.52. The van der Waals surface area contributed by atoms with E-state index < -0.39 is 5.97 Å². The van der Waals surface area contributed by atoms with Gasteiger partial charge in [-0.05, 0) is 23.6 Å². The molecule has 0 radical (unpaired) electrons. The highest BCUT2D eigenvalue weighted by Gasteiger charge is 2.34. The Morgan fingerprint density at radius 1 is 1.35 bits per heavy atom. The van der Waals surface area contributed by atoms with Gasteiger partial charge in [0.05, 0.1) is 5.92 Å². The molecular weight excluding hydrogens is 258 g/mol. The van der Waals surface area contributed by atoms with Gasteiger partial charge >= 0.3 is 5.97 Å². The summed E-state index contributed by atoms with van der Waals surface area (Å²) in [7, 11) is 0. The van der Waals surface area contributed by atoms with Crippen LogP contribution in [0.15, 0.2) is 18.2 Å². The van der Waals surface area contributed by atoms with Crippen molar-refractivity contribution in [2.24, 2.45) is 11.8 Å². The molecule has 1 aromatic carbocycles. The van der Waals surface area contributed by atoms with Crippen molar-refractivity contribution in [1.29, 1.82) is 0 Å². The van der Waals surface area contributed by atoms with E-state index in [9.17, 15) is 4.79 Å². The highest BCUT2D eigenvalue weighted by atomic mass is 16.6. The number of carboxylic acids is 1. The Bertz CT molecular complexity index is 511. The van der Waals surface area contributed by atoms with Crippen LogP contribution < -0.4 is 9.47 Å². The molecule has 0 aromatic heterocycles. The predicted octanol–water partition coefficient (Wildman–Crippen LogP) is 1.61. The van der Waals surface area contributed by atoms with Gasteiger partial charge in [0, 0.05) is 19.6 Å². The van der Waals surface area contributed by atoms with E-state index in [0.717, 1.165) is 31.1 Å². The van der Waals surface area contributed by atoms with Crippen molar-refractivity contribution in [2.45, 2.75) is 13.5 Å². The lowest BCUT2D eigenvalue weighted by Gasteiger charge is -2.41. The minimum atomic E-state index is -0.700. The number of carboxylic acid groups (broad SMARTS) is 1. The molecule has 1 saturated heterocycles. The summed E-state index contributed by atoms with van der Waals surface area (Å²) in [5.74, 6) is 0.927. The van der Waals surface area contributed by atoms with E-state index in [1.54, 1.807) is 6.92 Å². The van der Waals surface area contributed by atoms with Gasteiger partial charge in [0.25, 0.3) is 0 Å². The van der Waals surface area contributed by atoms with Crippen molar-refractivity contribution in [1.82, 2.24) is 4.90 Å². The molecule has 1 aromatic rings. The van der Waals surface area contributed by atoms with Gasteiger partial charge in [-0.1, -0.05) is 13.0 Å². The summed E-state index contributed by atoms with van der Waals surface area (Å²) in [5, 5.41) is 8.98. The lowest BCUT2D eigenvalue weighted by molar-refractivity contribution is -0.145. The molecule has 2 heterocycles. The summed E-state index contributed by atoms with van der Waals surface area (Å²) >= 11 is 0. The molecule has 0 aliphatic carbocycles. The van der Waals surface area contributed by atoms with Crippen LogP contribution in [-0.4, -0.2) is 42.3 Å². The maximum atomic E-state index is 10.9. The number of fused-ring (bicyclic) bond motifs is 1. The zero-order chi connectivity index (χ0) is 14.1. The van der Waals surface area contributed by atoms with Crippen LogP contribution in [-0.2, 0) is 11.3 Å². The third-order valence-corrected chi connectivity index (χ3v) is 4.09. The first-order valence-corrected chi connectivity index (χ1v) is 6.97. The van der Waals surface area contributed by atoms with E-state index in [1.165, 1.54) is 5.56 Å². The fourth-order valence-corrected chi connectivity index (χ4v) is 2.70. The predicted molar refractivity (Wildman–Crippen MR) is 73.0 cm³/mol. The molecule has 2 aliphatic heterocycles. The van der Waals surface area contributed by atoms with Crippen molar-refractivity contribution < 1.29 is 19.4 Å². The quantitative estimate of drug-likeness (QED) is 0.906. The number of hydrogen-bond donors (Lipinski definition) is 1. The molecule has 0 spiro atoms.